The first-order valence-corrected chi connectivity index (χ1v) is 8.19. The van der Waals surface area contributed by atoms with Crippen LogP contribution >= 0.6 is 11.3 Å². The van der Waals surface area contributed by atoms with E-state index < -0.39 is 0 Å². The van der Waals surface area contributed by atoms with Gasteiger partial charge in [0.1, 0.15) is 27.1 Å². The summed E-state index contributed by atoms with van der Waals surface area (Å²) in [4.78, 5) is 21.9. The van der Waals surface area contributed by atoms with Crippen molar-refractivity contribution >= 4 is 27.5 Å². The fourth-order valence-corrected chi connectivity index (χ4v) is 3.39. The number of nitrogens with zero attached hydrogens (tertiary/aromatic N) is 2. The number of carbonyl (C=O) groups is 1. The van der Waals surface area contributed by atoms with Gasteiger partial charge in [0.15, 0.2) is 0 Å². The van der Waals surface area contributed by atoms with Gasteiger partial charge in [-0.05, 0) is 50.6 Å². The summed E-state index contributed by atoms with van der Waals surface area (Å²) < 4.78 is 23.9. The van der Waals surface area contributed by atoms with E-state index >= 15 is 0 Å². The molecule has 124 valence electrons. The standard InChI is InChI=1S/C17H15FN2O3S/c1-4-22-17(21)14-9(2)13-15(19-10(3)20-16(13)24-14)23-12-7-5-11(18)6-8-12/h5-8H,4H2,1-3H3. The second-order valence-corrected chi connectivity index (χ2v) is 6.09. The van der Waals surface area contributed by atoms with Gasteiger partial charge < -0.3 is 9.47 Å². The maximum atomic E-state index is 13.0. The van der Waals surface area contributed by atoms with Crippen LogP contribution in [0.15, 0.2) is 24.3 Å². The monoisotopic (exact) mass is 346 g/mol. The Morgan fingerprint density at radius 2 is 1.92 bits per heavy atom. The fraction of sp³-hybridized carbons (Fsp3) is 0.235. The van der Waals surface area contributed by atoms with E-state index in [1.54, 1.807) is 20.8 Å². The molecule has 0 aliphatic carbocycles. The molecule has 0 N–H and O–H groups in total. The van der Waals surface area contributed by atoms with Gasteiger partial charge in [0, 0.05) is 0 Å². The summed E-state index contributed by atoms with van der Waals surface area (Å²) in [5, 5.41) is 0.665. The van der Waals surface area contributed by atoms with Crippen molar-refractivity contribution in [2.75, 3.05) is 6.61 Å². The number of hydrogen-bond donors (Lipinski definition) is 0. The Labute approximate surface area is 142 Å². The summed E-state index contributed by atoms with van der Waals surface area (Å²) in [7, 11) is 0. The molecular weight excluding hydrogens is 331 g/mol. The third-order valence-electron chi connectivity index (χ3n) is 3.36. The van der Waals surface area contributed by atoms with E-state index in [9.17, 15) is 9.18 Å². The Morgan fingerprint density at radius 1 is 1.21 bits per heavy atom. The first-order valence-electron chi connectivity index (χ1n) is 7.38. The van der Waals surface area contributed by atoms with Gasteiger partial charge in [-0.15, -0.1) is 11.3 Å². The molecule has 0 amide bonds. The number of fused-ring (bicyclic) bond motifs is 1. The fourth-order valence-electron chi connectivity index (χ4n) is 2.28. The van der Waals surface area contributed by atoms with Crippen LogP contribution in [0.4, 0.5) is 4.39 Å². The van der Waals surface area contributed by atoms with Gasteiger partial charge >= 0.3 is 5.97 Å². The highest BCUT2D eigenvalue weighted by molar-refractivity contribution is 7.20. The van der Waals surface area contributed by atoms with Gasteiger partial charge in [0.05, 0.1) is 12.0 Å². The van der Waals surface area contributed by atoms with Crippen molar-refractivity contribution in [3.05, 3.63) is 46.3 Å². The lowest BCUT2D eigenvalue weighted by atomic mass is 10.2. The molecule has 0 spiro atoms. The van der Waals surface area contributed by atoms with Crippen molar-refractivity contribution in [2.45, 2.75) is 20.8 Å². The molecule has 0 fully saturated rings. The lowest BCUT2D eigenvalue weighted by Gasteiger charge is -2.07. The average Bonchev–Trinajstić information content (AvgIpc) is 2.86. The molecule has 7 heteroatoms. The quantitative estimate of drug-likeness (QED) is 0.655. The number of esters is 1. The van der Waals surface area contributed by atoms with Crippen LogP contribution in [-0.4, -0.2) is 22.5 Å². The van der Waals surface area contributed by atoms with E-state index in [1.807, 2.05) is 0 Å². The average molecular weight is 346 g/mol. The number of benzene rings is 1. The molecule has 24 heavy (non-hydrogen) atoms. The van der Waals surface area contributed by atoms with Crippen LogP contribution in [0.25, 0.3) is 10.2 Å². The minimum absolute atomic E-state index is 0.302. The number of halogens is 1. The van der Waals surface area contributed by atoms with Crippen molar-refractivity contribution in [3.63, 3.8) is 0 Å². The number of hydrogen-bond acceptors (Lipinski definition) is 6. The maximum absolute atomic E-state index is 13.0. The van der Waals surface area contributed by atoms with Crippen LogP contribution in [0.5, 0.6) is 11.6 Å². The molecule has 0 aliphatic heterocycles. The molecule has 2 aromatic heterocycles. The van der Waals surface area contributed by atoms with Crippen LogP contribution in [0.1, 0.15) is 28.0 Å². The molecule has 0 unspecified atom stereocenters. The molecule has 3 rings (SSSR count). The second kappa shape index (κ2) is 6.52. The zero-order valence-electron chi connectivity index (χ0n) is 13.4. The molecular formula is C17H15FN2O3S. The smallest absolute Gasteiger partial charge is 0.348 e. The number of rotatable bonds is 4. The van der Waals surface area contributed by atoms with E-state index in [0.717, 1.165) is 0 Å². The summed E-state index contributed by atoms with van der Waals surface area (Å²) in [6, 6.07) is 5.66. The van der Waals surface area contributed by atoms with Gasteiger partial charge in [0.2, 0.25) is 5.88 Å². The van der Waals surface area contributed by atoms with Gasteiger partial charge in [-0.1, -0.05) is 0 Å². The van der Waals surface area contributed by atoms with Crippen LogP contribution in [0, 0.1) is 19.7 Å². The summed E-state index contributed by atoms with van der Waals surface area (Å²) in [6.07, 6.45) is 0. The van der Waals surface area contributed by atoms with E-state index in [4.69, 9.17) is 9.47 Å². The molecule has 2 heterocycles. The van der Waals surface area contributed by atoms with E-state index in [1.165, 1.54) is 35.6 Å². The molecule has 0 radical (unpaired) electrons. The normalized spacial score (nSPS) is 10.8. The van der Waals surface area contributed by atoms with E-state index in [2.05, 4.69) is 9.97 Å². The molecule has 0 saturated carbocycles. The molecule has 0 atom stereocenters. The van der Waals surface area contributed by atoms with E-state index in [0.29, 0.717) is 44.7 Å². The van der Waals surface area contributed by atoms with Crippen molar-refractivity contribution in [2.24, 2.45) is 0 Å². The zero-order valence-corrected chi connectivity index (χ0v) is 14.2. The summed E-state index contributed by atoms with van der Waals surface area (Å²) in [5.74, 6) is 0.592. The van der Waals surface area contributed by atoms with Gasteiger partial charge in [0.25, 0.3) is 0 Å². The minimum Gasteiger partial charge on any atom is -0.462 e. The molecule has 0 bridgehead atoms. The summed E-state index contributed by atoms with van der Waals surface area (Å²) >= 11 is 1.25. The van der Waals surface area contributed by atoms with Crippen molar-refractivity contribution < 1.29 is 18.7 Å². The number of aromatic nitrogens is 2. The molecule has 5 nitrogen and oxygen atoms in total. The zero-order chi connectivity index (χ0) is 17.3. The first kappa shape index (κ1) is 16.3. The number of carbonyl (C=O) groups excluding carboxylic acids is 1. The first-order chi connectivity index (χ1) is 11.5. The van der Waals surface area contributed by atoms with E-state index in [-0.39, 0.29) is 11.8 Å². The minimum atomic E-state index is -0.386. The highest BCUT2D eigenvalue weighted by Crippen LogP contribution is 2.37. The topological polar surface area (TPSA) is 61.3 Å². The lowest BCUT2D eigenvalue weighted by Crippen LogP contribution is -2.03. The Bertz CT molecular complexity index is 906. The Kier molecular flexibility index (Phi) is 4.44. The van der Waals surface area contributed by atoms with Crippen molar-refractivity contribution in [3.8, 4) is 11.6 Å². The van der Waals surface area contributed by atoms with Gasteiger partial charge in [-0.25, -0.2) is 14.2 Å². The number of aryl methyl sites for hydroxylation is 2. The Balaban J connectivity index is 2.09. The van der Waals surface area contributed by atoms with Crippen LogP contribution in [0.2, 0.25) is 0 Å². The van der Waals surface area contributed by atoms with Crippen molar-refractivity contribution in [1.82, 2.24) is 9.97 Å². The van der Waals surface area contributed by atoms with Crippen molar-refractivity contribution in [1.29, 1.82) is 0 Å². The van der Waals surface area contributed by atoms with Gasteiger partial charge in [-0.3, -0.25) is 0 Å². The predicted molar refractivity (Wildman–Crippen MR) is 89.3 cm³/mol. The SMILES string of the molecule is CCOC(=O)c1sc2nc(C)nc(Oc3ccc(F)cc3)c2c1C. The third-order valence-corrected chi connectivity index (χ3v) is 4.52. The lowest BCUT2D eigenvalue weighted by molar-refractivity contribution is 0.0531. The van der Waals surface area contributed by atoms with Crippen LogP contribution in [-0.2, 0) is 4.74 Å². The molecule has 1 aromatic carbocycles. The third kappa shape index (κ3) is 3.07. The molecule has 0 aliphatic rings. The maximum Gasteiger partial charge on any atom is 0.348 e. The largest absolute Gasteiger partial charge is 0.462 e. The highest BCUT2D eigenvalue weighted by atomic mass is 32.1. The summed E-state index contributed by atoms with van der Waals surface area (Å²) in [6.45, 7) is 5.61. The number of thiophene rings is 1. The van der Waals surface area contributed by atoms with Crippen LogP contribution < -0.4 is 4.74 Å². The Morgan fingerprint density at radius 3 is 2.58 bits per heavy atom. The Hall–Kier alpha value is -2.54. The molecule has 3 aromatic rings. The predicted octanol–water partition coefficient (Wildman–Crippen LogP) is 4.42. The highest BCUT2D eigenvalue weighted by Gasteiger charge is 2.22. The second-order valence-electron chi connectivity index (χ2n) is 5.09. The molecule has 0 saturated heterocycles. The van der Waals surface area contributed by atoms with Crippen LogP contribution in [0.3, 0.4) is 0 Å². The summed E-state index contributed by atoms with van der Waals surface area (Å²) in [5.41, 5.74) is 0.713. The van der Waals surface area contributed by atoms with Gasteiger partial charge in [-0.2, -0.15) is 4.98 Å². The number of ether oxygens (including phenoxy) is 2.